The molecule has 1 aromatic rings. The van der Waals surface area contributed by atoms with Crippen LogP contribution in [-0.4, -0.2) is 29.9 Å². The first-order chi connectivity index (χ1) is 4.38. The summed E-state index contributed by atoms with van der Waals surface area (Å²) in [6.07, 6.45) is 0. The van der Waals surface area contributed by atoms with Crippen LogP contribution in [0.3, 0.4) is 0 Å². The summed E-state index contributed by atoms with van der Waals surface area (Å²) in [4.78, 5) is 0. The third-order valence-corrected chi connectivity index (χ3v) is 6.37. The van der Waals surface area contributed by atoms with Gasteiger partial charge in [-0.1, -0.05) is 0 Å². The van der Waals surface area contributed by atoms with E-state index in [1.807, 2.05) is 11.3 Å². The van der Waals surface area contributed by atoms with E-state index in [0.717, 1.165) is 0 Å². The van der Waals surface area contributed by atoms with Crippen molar-refractivity contribution >= 4 is 50.2 Å². The zero-order valence-corrected chi connectivity index (χ0v) is 9.62. The van der Waals surface area contributed by atoms with Crippen LogP contribution in [0.2, 0.25) is 11.6 Å². The van der Waals surface area contributed by atoms with E-state index in [2.05, 4.69) is 22.4 Å². The Morgan fingerprint density at radius 2 is 1.56 bits per heavy atom. The van der Waals surface area contributed by atoms with Crippen molar-refractivity contribution < 1.29 is 0 Å². The van der Waals surface area contributed by atoms with E-state index < -0.39 is 0 Å². The molecule has 0 radical (unpaired) electrons. The van der Waals surface area contributed by atoms with E-state index in [9.17, 15) is 0 Å². The van der Waals surface area contributed by atoms with Gasteiger partial charge < -0.3 is 0 Å². The molecule has 0 fully saturated rings. The number of rotatable bonds is 2. The van der Waals surface area contributed by atoms with Crippen molar-refractivity contribution in [3.05, 3.63) is 10.8 Å². The van der Waals surface area contributed by atoms with Crippen molar-refractivity contribution in [3.63, 3.8) is 0 Å². The van der Waals surface area contributed by atoms with Crippen LogP contribution in [-0.2, 0) is 0 Å². The summed E-state index contributed by atoms with van der Waals surface area (Å²) in [5, 5.41) is 4.58. The molecule has 1 aromatic heterocycles. The van der Waals surface area contributed by atoms with Gasteiger partial charge in [-0.2, -0.15) is 0 Å². The molecule has 0 saturated heterocycles. The number of thiophene rings is 1. The van der Waals surface area contributed by atoms with E-state index in [4.69, 9.17) is 0 Å². The second-order valence-electron chi connectivity index (χ2n) is 1.51. The summed E-state index contributed by atoms with van der Waals surface area (Å²) in [6.45, 7) is 0. The van der Waals surface area contributed by atoms with Crippen LogP contribution < -0.4 is 8.92 Å². The molecule has 0 unspecified atom stereocenters. The van der Waals surface area contributed by atoms with E-state index in [1.165, 1.54) is 0 Å². The molecule has 0 saturated carbocycles. The first-order valence-electron chi connectivity index (χ1n) is 2.52. The molecular weight excluding hydrogens is 262 g/mol. The van der Waals surface area contributed by atoms with Crippen LogP contribution in [0.1, 0.15) is 0 Å². The second-order valence-corrected chi connectivity index (χ2v) is 5.81. The Morgan fingerprint density at radius 1 is 1.11 bits per heavy atom. The Labute approximate surface area is 72.4 Å². The van der Waals surface area contributed by atoms with Crippen molar-refractivity contribution in [1.82, 2.24) is 0 Å². The van der Waals surface area contributed by atoms with Crippen LogP contribution in [0.5, 0.6) is 0 Å². The SMILES string of the molecule is C[Se]c1cscc1[Se]C. The Kier molecular flexibility index (Phi) is 3.31. The van der Waals surface area contributed by atoms with Crippen molar-refractivity contribution in [1.29, 1.82) is 0 Å². The molecule has 50 valence electrons. The van der Waals surface area contributed by atoms with Gasteiger partial charge in [0.2, 0.25) is 0 Å². The molecule has 9 heavy (non-hydrogen) atoms. The zero-order valence-electron chi connectivity index (χ0n) is 5.38. The predicted octanol–water partition coefficient (Wildman–Crippen LogP) is 0.503. The van der Waals surface area contributed by atoms with Gasteiger partial charge in [-0.3, -0.25) is 0 Å². The minimum atomic E-state index is 0.715. The van der Waals surface area contributed by atoms with Gasteiger partial charge in [-0.15, -0.1) is 0 Å². The van der Waals surface area contributed by atoms with Gasteiger partial charge in [0.1, 0.15) is 0 Å². The second kappa shape index (κ2) is 3.80. The fourth-order valence-electron chi connectivity index (χ4n) is 0.571. The summed E-state index contributed by atoms with van der Waals surface area (Å²) < 4.78 is 3.24. The van der Waals surface area contributed by atoms with Crippen molar-refractivity contribution in [2.45, 2.75) is 11.6 Å². The summed E-state index contributed by atoms with van der Waals surface area (Å²) in [5.41, 5.74) is 0. The van der Waals surface area contributed by atoms with Crippen LogP contribution in [0.4, 0.5) is 0 Å². The van der Waals surface area contributed by atoms with Crippen molar-refractivity contribution in [3.8, 4) is 0 Å². The molecule has 0 aromatic carbocycles. The Bertz CT molecular complexity index is 164. The molecular formula is C6H8SSe2. The van der Waals surface area contributed by atoms with Crippen LogP contribution in [0.25, 0.3) is 0 Å². The van der Waals surface area contributed by atoms with Gasteiger partial charge >= 0.3 is 72.6 Å². The molecule has 1 heterocycles. The molecule has 0 atom stereocenters. The Balaban J connectivity index is 2.85. The maximum atomic E-state index is 2.29. The molecule has 0 aliphatic carbocycles. The Hall–Kier alpha value is 0.739. The minimum absolute atomic E-state index is 0.715. The summed E-state index contributed by atoms with van der Waals surface area (Å²) in [5.74, 6) is 4.56. The average Bonchev–Trinajstić information content (AvgIpc) is 2.33. The van der Waals surface area contributed by atoms with Gasteiger partial charge in [-0.25, -0.2) is 0 Å². The van der Waals surface area contributed by atoms with Crippen LogP contribution in [0, 0.1) is 0 Å². The van der Waals surface area contributed by atoms with E-state index in [0.29, 0.717) is 29.9 Å². The standard InChI is InChI=1S/C6H8SSe2/c1-8-5-3-7-4-6(5)9-2/h3-4H,1-2H3. The van der Waals surface area contributed by atoms with Crippen LogP contribution >= 0.6 is 11.3 Å². The first kappa shape index (κ1) is 7.84. The average molecular weight is 270 g/mol. The molecule has 1 rings (SSSR count). The Morgan fingerprint density at radius 3 is 1.89 bits per heavy atom. The maximum absolute atomic E-state index is 2.29. The van der Waals surface area contributed by atoms with E-state index >= 15 is 0 Å². The molecule has 0 amide bonds. The van der Waals surface area contributed by atoms with E-state index in [-0.39, 0.29) is 0 Å². The first-order valence-corrected chi connectivity index (χ1v) is 8.61. The van der Waals surface area contributed by atoms with Gasteiger partial charge in [0.15, 0.2) is 0 Å². The summed E-state index contributed by atoms with van der Waals surface area (Å²) >= 11 is 3.28. The third kappa shape index (κ3) is 1.83. The van der Waals surface area contributed by atoms with Gasteiger partial charge in [0.05, 0.1) is 0 Å². The molecule has 0 spiro atoms. The summed E-state index contributed by atoms with van der Waals surface area (Å²) in [6, 6.07) is 0. The van der Waals surface area contributed by atoms with Gasteiger partial charge in [0.25, 0.3) is 0 Å². The van der Waals surface area contributed by atoms with E-state index in [1.54, 1.807) is 8.92 Å². The summed E-state index contributed by atoms with van der Waals surface area (Å²) in [7, 11) is 0. The fourth-order valence-corrected chi connectivity index (χ4v) is 6.49. The molecule has 0 aliphatic rings. The number of hydrogen-bond acceptors (Lipinski definition) is 1. The molecule has 0 aliphatic heterocycles. The molecule has 3 heteroatoms. The third-order valence-electron chi connectivity index (χ3n) is 1.03. The van der Waals surface area contributed by atoms with Gasteiger partial charge in [-0.05, 0) is 0 Å². The normalized spacial score (nSPS) is 10.0. The molecule has 0 bridgehead atoms. The number of hydrogen-bond donors (Lipinski definition) is 0. The molecule has 0 nitrogen and oxygen atoms in total. The zero-order chi connectivity index (χ0) is 6.69. The predicted molar refractivity (Wildman–Crippen MR) is 46.8 cm³/mol. The van der Waals surface area contributed by atoms with Crippen molar-refractivity contribution in [2.75, 3.05) is 0 Å². The van der Waals surface area contributed by atoms with Crippen molar-refractivity contribution in [2.24, 2.45) is 0 Å². The van der Waals surface area contributed by atoms with Crippen LogP contribution in [0.15, 0.2) is 10.8 Å². The monoisotopic (exact) mass is 272 g/mol. The quantitative estimate of drug-likeness (QED) is 0.687. The fraction of sp³-hybridized carbons (Fsp3) is 0.333. The topological polar surface area (TPSA) is 0 Å². The molecule has 0 N–H and O–H groups in total. The van der Waals surface area contributed by atoms with Gasteiger partial charge in [0, 0.05) is 0 Å².